The van der Waals surface area contributed by atoms with E-state index in [0.717, 1.165) is 18.2 Å². The Labute approximate surface area is 132 Å². The number of aliphatic imine (C=N–C) groups is 1. The van der Waals surface area contributed by atoms with Crippen molar-refractivity contribution in [3.63, 3.8) is 0 Å². The predicted molar refractivity (Wildman–Crippen MR) is 89.8 cm³/mol. The summed E-state index contributed by atoms with van der Waals surface area (Å²) in [6, 6.07) is 0. The van der Waals surface area contributed by atoms with Crippen LogP contribution in [0.4, 0.5) is 0 Å². The van der Waals surface area contributed by atoms with Gasteiger partial charge in [0.1, 0.15) is 5.84 Å². The van der Waals surface area contributed by atoms with Crippen molar-refractivity contribution in [2.75, 3.05) is 18.2 Å². The lowest BCUT2D eigenvalue weighted by molar-refractivity contribution is -0.0777. The summed E-state index contributed by atoms with van der Waals surface area (Å²) < 4.78 is 0.536. The number of alkyl halides is 1. The summed E-state index contributed by atoms with van der Waals surface area (Å²) in [4.78, 5) is 4.34. The van der Waals surface area contributed by atoms with Gasteiger partial charge in [-0.05, 0) is 55.3 Å². The molecule has 0 aromatic heterocycles. The number of hydrogen-bond donors (Lipinski definition) is 1. The molecule has 0 aromatic rings. The summed E-state index contributed by atoms with van der Waals surface area (Å²) >= 11 is 7.84. The Kier molecular flexibility index (Phi) is 3.82. The van der Waals surface area contributed by atoms with Gasteiger partial charge in [0.2, 0.25) is 0 Å². The molecule has 4 rings (SSSR count). The van der Waals surface area contributed by atoms with Crippen LogP contribution in [-0.4, -0.2) is 28.8 Å². The highest BCUT2D eigenvalue weighted by Crippen LogP contribution is 2.69. The summed E-state index contributed by atoms with van der Waals surface area (Å²) in [5.41, 5.74) is 6.89. The first kappa shape index (κ1) is 15.0. The topological polar surface area (TPSA) is 38.4 Å². The molecular weight excluding hydrogens is 288 g/mol. The Morgan fingerprint density at radius 2 is 1.85 bits per heavy atom. The fraction of sp³-hybridized carbons (Fsp3) is 0.938. The number of amidine groups is 1. The van der Waals surface area contributed by atoms with Crippen LogP contribution in [0.15, 0.2) is 4.99 Å². The second-order valence-corrected chi connectivity index (χ2v) is 10.00. The first-order valence-electron chi connectivity index (χ1n) is 7.85. The zero-order valence-electron chi connectivity index (χ0n) is 12.8. The molecule has 0 radical (unpaired) electrons. The number of rotatable bonds is 5. The largest absolute Gasteiger partial charge is 0.386 e. The van der Waals surface area contributed by atoms with Crippen molar-refractivity contribution in [3.05, 3.63) is 0 Å². The number of thioether (sulfide) groups is 1. The first-order chi connectivity index (χ1) is 9.36. The van der Waals surface area contributed by atoms with Crippen LogP contribution in [0.2, 0.25) is 0 Å². The second-order valence-electron chi connectivity index (χ2n) is 8.17. The van der Waals surface area contributed by atoms with E-state index < -0.39 is 0 Å². The molecular formula is C16H27ClN2S. The van der Waals surface area contributed by atoms with Gasteiger partial charge in [0.25, 0.3) is 0 Å². The van der Waals surface area contributed by atoms with E-state index in [2.05, 4.69) is 30.6 Å². The van der Waals surface area contributed by atoms with Crippen LogP contribution >= 0.6 is 23.4 Å². The smallest absolute Gasteiger partial charge is 0.109 e. The van der Waals surface area contributed by atoms with Gasteiger partial charge in [0.05, 0.1) is 12.4 Å². The molecule has 0 amide bonds. The molecule has 0 spiro atoms. The number of nitrogens with two attached hydrogens (primary N) is 1. The molecule has 2 unspecified atom stereocenters. The lowest BCUT2D eigenvalue weighted by atomic mass is 9.45. The first-order valence-corrected chi connectivity index (χ1v) is 9.37. The van der Waals surface area contributed by atoms with E-state index in [0.29, 0.717) is 27.3 Å². The van der Waals surface area contributed by atoms with Crippen molar-refractivity contribution in [2.45, 2.75) is 57.1 Å². The van der Waals surface area contributed by atoms with Gasteiger partial charge >= 0.3 is 0 Å². The third-order valence-corrected chi connectivity index (χ3v) is 7.25. The molecule has 4 bridgehead atoms. The highest BCUT2D eigenvalue weighted by molar-refractivity contribution is 8.00. The Balaban J connectivity index is 1.64. The minimum absolute atomic E-state index is 0.355. The second kappa shape index (κ2) is 5.08. The van der Waals surface area contributed by atoms with Crippen molar-refractivity contribution < 1.29 is 0 Å². The predicted octanol–water partition coefficient (Wildman–Crippen LogP) is 4.06. The maximum atomic E-state index is 5.67. The quantitative estimate of drug-likeness (QED) is 0.359. The summed E-state index contributed by atoms with van der Waals surface area (Å²) in [5.74, 6) is 3.01. The van der Waals surface area contributed by atoms with E-state index in [9.17, 15) is 0 Å². The average molecular weight is 315 g/mol. The lowest BCUT2D eigenvalue weighted by Crippen LogP contribution is -2.57. The molecule has 0 aromatic carbocycles. The summed E-state index contributed by atoms with van der Waals surface area (Å²) in [6.45, 7) is 5.90. The summed E-state index contributed by atoms with van der Waals surface area (Å²) in [7, 11) is 0. The van der Waals surface area contributed by atoms with Crippen LogP contribution in [-0.2, 0) is 0 Å². The monoisotopic (exact) mass is 314 g/mol. The SMILES string of the molecule is C[C@]12CC3CC(SCCN=C(N)CCl)(C1)C[C@@](C)(C3)C2. The van der Waals surface area contributed by atoms with Crippen molar-refractivity contribution in [3.8, 4) is 0 Å². The van der Waals surface area contributed by atoms with Gasteiger partial charge in [0, 0.05) is 10.5 Å². The molecule has 4 aliphatic carbocycles. The third kappa shape index (κ3) is 2.85. The van der Waals surface area contributed by atoms with Crippen molar-refractivity contribution in [1.82, 2.24) is 0 Å². The van der Waals surface area contributed by atoms with Gasteiger partial charge in [-0.1, -0.05) is 13.8 Å². The van der Waals surface area contributed by atoms with Crippen molar-refractivity contribution >= 4 is 29.2 Å². The zero-order valence-corrected chi connectivity index (χ0v) is 14.3. The fourth-order valence-corrected chi connectivity index (χ4v) is 7.95. The molecule has 4 saturated carbocycles. The van der Waals surface area contributed by atoms with Crippen molar-refractivity contribution in [2.24, 2.45) is 27.5 Å². The van der Waals surface area contributed by atoms with E-state index in [4.69, 9.17) is 17.3 Å². The molecule has 0 heterocycles. The van der Waals surface area contributed by atoms with E-state index >= 15 is 0 Å². The Morgan fingerprint density at radius 3 is 2.40 bits per heavy atom. The minimum Gasteiger partial charge on any atom is -0.386 e. The Morgan fingerprint density at radius 1 is 1.20 bits per heavy atom. The van der Waals surface area contributed by atoms with Crippen molar-refractivity contribution in [1.29, 1.82) is 0 Å². The number of halogens is 1. The van der Waals surface area contributed by atoms with Gasteiger partial charge in [0.15, 0.2) is 0 Å². The van der Waals surface area contributed by atoms with Crippen LogP contribution in [0.25, 0.3) is 0 Å². The molecule has 114 valence electrons. The van der Waals surface area contributed by atoms with Gasteiger partial charge in [-0.25, -0.2) is 0 Å². The van der Waals surface area contributed by atoms with E-state index in [1.165, 1.54) is 38.5 Å². The molecule has 4 heteroatoms. The van der Waals surface area contributed by atoms with E-state index in [1.54, 1.807) is 0 Å². The summed E-state index contributed by atoms with van der Waals surface area (Å²) in [5, 5.41) is 0. The standard InChI is InChI=1S/C16H27ClN2S/c1-14-5-12-6-15(2,9-14)11-16(7-12,10-14)20-4-3-19-13(18)8-17/h12H,3-11H2,1-2H3,(H2,18,19)/t12?,14-,15+,16?. The van der Waals surface area contributed by atoms with E-state index in [-0.39, 0.29) is 0 Å². The molecule has 4 atom stereocenters. The van der Waals surface area contributed by atoms with Gasteiger partial charge < -0.3 is 5.73 Å². The average Bonchev–Trinajstić information content (AvgIpc) is 2.29. The van der Waals surface area contributed by atoms with Crippen LogP contribution in [0, 0.1) is 16.7 Å². The number of nitrogens with zero attached hydrogens (tertiary/aromatic N) is 1. The molecule has 0 saturated heterocycles. The Hall–Kier alpha value is 0.110. The summed E-state index contributed by atoms with van der Waals surface area (Å²) in [6.07, 6.45) is 8.69. The zero-order chi connectivity index (χ0) is 14.4. The molecule has 0 aliphatic heterocycles. The molecule has 20 heavy (non-hydrogen) atoms. The molecule has 2 nitrogen and oxygen atoms in total. The van der Waals surface area contributed by atoms with Crippen LogP contribution in [0.3, 0.4) is 0 Å². The maximum Gasteiger partial charge on any atom is 0.109 e. The third-order valence-electron chi connectivity index (χ3n) is 5.53. The highest BCUT2D eigenvalue weighted by atomic mass is 35.5. The fourth-order valence-electron chi connectivity index (χ4n) is 6.00. The van der Waals surface area contributed by atoms with Crippen LogP contribution in [0.1, 0.15) is 52.4 Å². The normalized spacial score (nSPS) is 47.0. The van der Waals surface area contributed by atoms with Crippen LogP contribution in [0.5, 0.6) is 0 Å². The highest BCUT2D eigenvalue weighted by Gasteiger charge is 2.60. The van der Waals surface area contributed by atoms with Gasteiger partial charge in [-0.15, -0.1) is 11.6 Å². The minimum atomic E-state index is 0.355. The maximum absolute atomic E-state index is 5.67. The Bertz CT molecular complexity index is 405. The number of hydrogen-bond acceptors (Lipinski definition) is 2. The van der Waals surface area contributed by atoms with Gasteiger partial charge in [-0.3, -0.25) is 4.99 Å². The van der Waals surface area contributed by atoms with Gasteiger partial charge in [-0.2, -0.15) is 11.8 Å². The van der Waals surface area contributed by atoms with Crippen LogP contribution < -0.4 is 5.73 Å². The molecule has 2 N–H and O–H groups in total. The molecule has 4 fully saturated rings. The molecule has 4 aliphatic rings. The lowest BCUT2D eigenvalue weighted by Gasteiger charge is -2.65. The van der Waals surface area contributed by atoms with E-state index in [1.807, 2.05) is 0 Å².